The monoisotopic (exact) mass is 313 g/mol. The van der Waals surface area contributed by atoms with Gasteiger partial charge in [-0.1, -0.05) is 0 Å². The van der Waals surface area contributed by atoms with Crippen molar-refractivity contribution in [3.8, 4) is 0 Å². The summed E-state index contributed by atoms with van der Waals surface area (Å²) in [5, 5.41) is 11.6. The Hall–Kier alpha value is -2.44. The first-order valence-electron chi connectivity index (χ1n) is 8.13. The highest BCUT2D eigenvalue weighted by molar-refractivity contribution is 5.93. The molecular formula is C16H19N5O2. The van der Waals surface area contributed by atoms with Crippen LogP contribution in [0.4, 0.5) is 0 Å². The molecule has 7 nitrogen and oxygen atoms in total. The van der Waals surface area contributed by atoms with Crippen molar-refractivity contribution >= 4 is 5.91 Å². The van der Waals surface area contributed by atoms with Gasteiger partial charge in [0, 0.05) is 31.1 Å². The molecule has 0 spiro atoms. The molecule has 1 fully saturated rings. The normalized spacial score (nSPS) is 20.6. The molecule has 0 radical (unpaired) electrons. The number of hydrogen-bond donors (Lipinski definition) is 2. The Morgan fingerprint density at radius 1 is 1.26 bits per heavy atom. The molecule has 2 aromatic rings. The highest BCUT2D eigenvalue weighted by atomic mass is 16.2. The summed E-state index contributed by atoms with van der Waals surface area (Å²) in [4.78, 5) is 26.5. The zero-order valence-corrected chi connectivity index (χ0v) is 12.8. The first-order chi connectivity index (χ1) is 11.2. The maximum absolute atomic E-state index is 12.3. The lowest BCUT2D eigenvalue weighted by Crippen LogP contribution is -2.37. The predicted octanol–water partition coefficient (Wildman–Crippen LogP) is 0.979. The number of aryl methyl sites for hydroxylation is 1. The van der Waals surface area contributed by atoms with Gasteiger partial charge in [-0.15, -0.1) is 10.2 Å². The molecule has 1 aliphatic carbocycles. The van der Waals surface area contributed by atoms with Crippen LogP contribution in [-0.4, -0.2) is 31.7 Å². The molecule has 1 atom stereocenters. The van der Waals surface area contributed by atoms with E-state index in [1.54, 1.807) is 12.1 Å². The van der Waals surface area contributed by atoms with E-state index in [1.807, 2.05) is 0 Å². The second-order valence-corrected chi connectivity index (χ2v) is 6.31. The van der Waals surface area contributed by atoms with E-state index in [1.165, 1.54) is 19.0 Å². The van der Waals surface area contributed by atoms with Crippen molar-refractivity contribution in [3.63, 3.8) is 0 Å². The Kier molecular flexibility index (Phi) is 3.48. The summed E-state index contributed by atoms with van der Waals surface area (Å²) in [7, 11) is 0. The molecule has 0 unspecified atom stereocenters. The van der Waals surface area contributed by atoms with Crippen molar-refractivity contribution in [2.75, 3.05) is 0 Å². The minimum Gasteiger partial charge on any atom is -0.349 e. The summed E-state index contributed by atoms with van der Waals surface area (Å²) >= 11 is 0. The summed E-state index contributed by atoms with van der Waals surface area (Å²) in [5.74, 6) is 2.38. The van der Waals surface area contributed by atoms with Gasteiger partial charge in [0.15, 0.2) is 0 Å². The smallest absolute Gasteiger partial charge is 0.260 e. The number of rotatable bonds is 3. The second kappa shape index (κ2) is 5.64. The Morgan fingerprint density at radius 2 is 2.13 bits per heavy atom. The van der Waals surface area contributed by atoms with Gasteiger partial charge in [-0.25, -0.2) is 0 Å². The summed E-state index contributed by atoms with van der Waals surface area (Å²) < 4.78 is 2.22. The average Bonchev–Trinajstić information content (AvgIpc) is 3.34. The molecule has 1 saturated carbocycles. The van der Waals surface area contributed by atoms with Gasteiger partial charge in [0.2, 0.25) is 0 Å². The first kappa shape index (κ1) is 14.2. The van der Waals surface area contributed by atoms with E-state index in [0.717, 1.165) is 37.5 Å². The van der Waals surface area contributed by atoms with Crippen LogP contribution in [0.2, 0.25) is 0 Å². The summed E-state index contributed by atoms with van der Waals surface area (Å²) in [6.07, 6.45) is 6.39. The molecule has 1 aliphatic heterocycles. The minimum absolute atomic E-state index is 0.0517. The maximum Gasteiger partial charge on any atom is 0.260 e. The van der Waals surface area contributed by atoms with Crippen LogP contribution in [0.5, 0.6) is 0 Å². The first-order valence-corrected chi connectivity index (χ1v) is 8.13. The van der Waals surface area contributed by atoms with Crippen molar-refractivity contribution in [2.24, 2.45) is 0 Å². The average molecular weight is 313 g/mol. The zero-order chi connectivity index (χ0) is 15.8. The largest absolute Gasteiger partial charge is 0.349 e. The van der Waals surface area contributed by atoms with E-state index in [2.05, 4.69) is 25.1 Å². The lowest BCUT2D eigenvalue weighted by molar-refractivity contribution is 0.0931. The number of pyridine rings is 1. The fourth-order valence-electron chi connectivity index (χ4n) is 3.16. The van der Waals surface area contributed by atoms with Crippen molar-refractivity contribution in [1.82, 2.24) is 25.1 Å². The topological polar surface area (TPSA) is 92.7 Å². The van der Waals surface area contributed by atoms with Crippen molar-refractivity contribution in [3.05, 3.63) is 45.9 Å². The van der Waals surface area contributed by atoms with Crippen LogP contribution in [0.15, 0.2) is 23.1 Å². The zero-order valence-electron chi connectivity index (χ0n) is 12.8. The number of carbonyl (C=O) groups is 1. The van der Waals surface area contributed by atoms with Crippen LogP contribution in [-0.2, 0) is 13.0 Å². The van der Waals surface area contributed by atoms with Crippen LogP contribution in [0, 0.1) is 0 Å². The summed E-state index contributed by atoms with van der Waals surface area (Å²) in [6.45, 7) is 0.824. The van der Waals surface area contributed by atoms with Crippen LogP contribution in [0.1, 0.15) is 53.6 Å². The van der Waals surface area contributed by atoms with E-state index in [9.17, 15) is 9.59 Å². The van der Waals surface area contributed by atoms with E-state index >= 15 is 0 Å². The highest BCUT2D eigenvalue weighted by Crippen LogP contribution is 2.39. The molecular weight excluding hydrogens is 294 g/mol. The van der Waals surface area contributed by atoms with Crippen molar-refractivity contribution in [2.45, 2.75) is 50.6 Å². The molecule has 7 heteroatoms. The van der Waals surface area contributed by atoms with Crippen LogP contribution >= 0.6 is 0 Å². The number of aromatic nitrogens is 4. The van der Waals surface area contributed by atoms with Crippen LogP contribution < -0.4 is 10.9 Å². The fourth-order valence-corrected chi connectivity index (χ4v) is 3.16. The highest BCUT2D eigenvalue weighted by Gasteiger charge is 2.31. The Balaban J connectivity index is 1.45. The predicted molar refractivity (Wildman–Crippen MR) is 83.3 cm³/mol. The molecule has 23 heavy (non-hydrogen) atoms. The third-order valence-electron chi connectivity index (χ3n) is 4.61. The van der Waals surface area contributed by atoms with Gasteiger partial charge in [0.25, 0.3) is 11.5 Å². The van der Waals surface area contributed by atoms with Gasteiger partial charge in [-0.3, -0.25) is 9.59 Å². The van der Waals surface area contributed by atoms with Gasteiger partial charge in [0.05, 0.1) is 0 Å². The van der Waals surface area contributed by atoms with E-state index in [4.69, 9.17) is 0 Å². The molecule has 2 N–H and O–H groups in total. The Bertz CT molecular complexity index is 790. The molecule has 4 rings (SSSR count). The molecule has 2 aliphatic rings. The van der Waals surface area contributed by atoms with E-state index < -0.39 is 0 Å². The van der Waals surface area contributed by atoms with Crippen LogP contribution in [0.3, 0.4) is 0 Å². The number of hydrogen-bond acceptors (Lipinski definition) is 4. The SMILES string of the molecule is O=C(N[C@H]1CCc2nnc(C3CC3)n2CC1)c1ccc[nH]c1=O. The number of nitrogens with one attached hydrogen (secondary N) is 2. The van der Waals surface area contributed by atoms with E-state index in [-0.39, 0.29) is 23.1 Å². The number of carbonyl (C=O) groups excluding carboxylic acids is 1. The molecule has 1 amide bonds. The number of H-pyrrole nitrogens is 1. The Labute approximate surface area is 133 Å². The molecule has 2 aromatic heterocycles. The molecule has 0 aromatic carbocycles. The van der Waals surface area contributed by atoms with Gasteiger partial charge in [-0.2, -0.15) is 0 Å². The molecule has 120 valence electrons. The van der Waals surface area contributed by atoms with Gasteiger partial charge in [-0.05, 0) is 37.8 Å². The standard InChI is InChI=1S/C16H19N5O2/c22-15-12(2-1-8-17-15)16(23)18-11-5-6-13-19-20-14(10-3-4-10)21(13)9-7-11/h1-2,8,10-11H,3-7,9H2,(H,17,22)(H,18,23)/t11-/m0/s1. The summed E-state index contributed by atoms with van der Waals surface area (Å²) in [6, 6.07) is 3.26. The Morgan fingerprint density at radius 3 is 2.91 bits per heavy atom. The molecule has 3 heterocycles. The number of fused-ring (bicyclic) bond motifs is 1. The fraction of sp³-hybridized carbons (Fsp3) is 0.500. The second-order valence-electron chi connectivity index (χ2n) is 6.31. The lowest BCUT2D eigenvalue weighted by Gasteiger charge is -2.16. The van der Waals surface area contributed by atoms with Crippen molar-refractivity contribution in [1.29, 1.82) is 0 Å². The van der Waals surface area contributed by atoms with E-state index in [0.29, 0.717) is 5.92 Å². The third kappa shape index (κ3) is 2.78. The molecule has 0 saturated heterocycles. The lowest BCUT2D eigenvalue weighted by atomic mass is 10.1. The van der Waals surface area contributed by atoms with Crippen molar-refractivity contribution < 1.29 is 4.79 Å². The van der Waals surface area contributed by atoms with Gasteiger partial charge in [0.1, 0.15) is 17.2 Å². The van der Waals surface area contributed by atoms with Gasteiger partial charge < -0.3 is 14.9 Å². The quantitative estimate of drug-likeness (QED) is 0.883. The van der Waals surface area contributed by atoms with Gasteiger partial charge >= 0.3 is 0 Å². The molecule has 0 bridgehead atoms. The number of nitrogens with zero attached hydrogens (tertiary/aromatic N) is 3. The van der Waals surface area contributed by atoms with Crippen LogP contribution in [0.25, 0.3) is 0 Å². The third-order valence-corrected chi connectivity index (χ3v) is 4.61. The minimum atomic E-state index is -0.355. The number of amides is 1. The maximum atomic E-state index is 12.3. The number of aromatic amines is 1. The summed E-state index contributed by atoms with van der Waals surface area (Å²) in [5.41, 5.74) is -0.193.